The number of thioether (sulfide) groups is 1. The number of hydrogen-bond acceptors (Lipinski definition) is 8. The van der Waals surface area contributed by atoms with E-state index >= 15 is 0 Å². The summed E-state index contributed by atoms with van der Waals surface area (Å²) in [7, 11) is 0.125. The largest absolute Gasteiger partial charge is 0.497 e. The first-order valence-corrected chi connectivity index (χ1v) is 12.4. The van der Waals surface area contributed by atoms with Gasteiger partial charge >= 0.3 is 0 Å². The van der Waals surface area contributed by atoms with Crippen LogP contribution in [0.1, 0.15) is 0 Å². The van der Waals surface area contributed by atoms with Gasteiger partial charge in [-0.3, -0.25) is 9.79 Å². The van der Waals surface area contributed by atoms with E-state index in [4.69, 9.17) is 9.47 Å². The predicted molar refractivity (Wildman–Crippen MR) is 123 cm³/mol. The Morgan fingerprint density at radius 2 is 1.68 bits per heavy atom. The number of nitrogens with zero attached hydrogens (tertiary/aromatic N) is 2. The van der Waals surface area contributed by atoms with E-state index in [1.807, 2.05) is 29.2 Å². The molecule has 10 heteroatoms. The molecule has 1 N–H and O–H groups in total. The van der Waals surface area contributed by atoms with Crippen molar-refractivity contribution in [1.29, 1.82) is 0 Å². The molecule has 1 fully saturated rings. The van der Waals surface area contributed by atoms with E-state index in [-0.39, 0.29) is 35.2 Å². The molecule has 164 valence electrons. The van der Waals surface area contributed by atoms with Crippen LogP contribution in [-0.4, -0.2) is 63.1 Å². The second-order valence-electron chi connectivity index (χ2n) is 7.27. The minimum atomic E-state index is -3.05. The molecule has 31 heavy (non-hydrogen) atoms. The predicted octanol–water partition coefficient (Wildman–Crippen LogP) is 2.42. The number of fused-ring (bicyclic) bond motifs is 1. The Morgan fingerprint density at radius 1 is 1.06 bits per heavy atom. The lowest BCUT2D eigenvalue weighted by molar-refractivity contribution is -0.114. The number of amides is 1. The number of amidine groups is 1. The topological polar surface area (TPSA) is 97.3 Å². The van der Waals surface area contributed by atoms with Crippen molar-refractivity contribution in [3.8, 4) is 11.5 Å². The quantitative estimate of drug-likeness (QED) is 0.706. The van der Waals surface area contributed by atoms with Crippen molar-refractivity contribution in [3.63, 3.8) is 0 Å². The number of carbonyl (C=O) groups is 1. The monoisotopic (exact) mass is 461 g/mol. The van der Waals surface area contributed by atoms with Crippen LogP contribution in [0.25, 0.3) is 0 Å². The maximum Gasteiger partial charge on any atom is 0.244 e. The molecular weight excluding hydrogens is 438 g/mol. The van der Waals surface area contributed by atoms with Crippen molar-refractivity contribution < 1.29 is 22.7 Å². The molecule has 0 bridgehead atoms. The van der Waals surface area contributed by atoms with Crippen LogP contribution < -0.4 is 19.7 Å². The molecule has 8 nitrogen and oxygen atoms in total. The van der Waals surface area contributed by atoms with Gasteiger partial charge in [-0.2, -0.15) is 0 Å². The second-order valence-corrected chi connectivity index (χ2v) is 10.6. The van der Waals surface area contributed by atoms with Gasteiger partial charge < -0.3 is 19.7 Å². The lowest BCUT2D eigenvalue weighted by Crippen LogP contribution is -2.36. The Bertz CT molecular complexity index is 1090. The molecule has 2 aliphatic rings. The first-order valence-electron chi connectivity index (χ1n) is 9.67. The van der Waals surface area contributed by atoms with Gasteiger partial charge in [0.2, 0.25) is 5.91 Å². The third-order valence-electron chi connectivity index (χ3n) is 5.10. The molecule has 0 aromatic heterocycles. The summed E-state index contributed by atoms with van der Waals surface area (Å²) in [5.41, 5.74) is 1.43. The van der Waals surface area contributed by atoms with Gasteiger partial charge in [-0.15, -0.1) is 0 Å². The molecule has 2 aromatic rings. The Labute approximate surface area is 185 Å². The normalized spacial score (nSPS) is 21.2. The van der Waals surface area contributed by atoms with Crippen LogP contribution in [0.4, 0.5) is 11.4 Å². The van der Waals surface area contributed by atoms with E-state index in [2.05, 4.69) is 10.3 Å². The number of aliphatic imine (C=N–C) groups is 1. The smallest absolute Gasteiger partial charge is 0.244 e. The summed E-state index contributed by atoms with van der Waals surface area (Å²) < 4.78 is 34.2. The summed E-state index contributed by atoms with van der Waals surface area (Å²) in [4.78, 5) is 19.3. The zero-order valence-corrected chi connectivity index (χ0v) is 18.8. The highest BCUT2D eigenvalue weighted by atomic mass is 32.2. The number of hydrogen-bond donors (Lipinski definition) is 1. The zero-order chi connectivity index (χ0) is 22.0. The lowest BCUT2D eigenvalue weighted by Gasteiger charge is -2.24. The number of benzene rings is 2. The standard InChI is InChI=1S/C21H23N3O5S2/c1-28-16-7-3-14(4-8-16)22-20(25)11-24(15-5-9-17(29-2)10-6-15)21-23-18-12-31(26,27)13-19(18)30-21/h3-10,18-19H,11-13H2,1-2H3,(H,22,25)/t18-,19+/m0/s1. The van der Waals surface area contributed by atoms with Crippen LogP contribution in [0.15, 0.2) is 53.5 Å². The number of carbonyl (C=O) groups excluding carboxylic acids is 1. The maximum absolute atomic E-state index is 12.8. The van der Waals surface area contributed by atoms with Crippen molar-refractivity contribution >= 4 is 44.0 Å². The average Bonchev–Trinajstić information content (AvgIpc) is 3.26. The van der Waals surface area contributed by atoms with Crippen LogP contribution >= 0.6 is 11.8 Å². The molecule has 1 amide bonds. The fourth-order valence-corrected chi connectivity index (χ4v) is 7.30. The molecule has 0 radical (unpaired) electrons. The summed E-state index contributed by atoms with van der Waals surface area (Å²) in [6.07, 6.45) is 0. The number of ether oxygens (including phenoxy) is 2. The van der Waals surface area contributed by atoms with Crippen LogP contribution in [0.5, 0.6) is 11.5 Å². The number of rotatable bonds is 6. The van der Waals surface area contributed by atoms with Gasteiger partial charge in [0.15, 0.2) is 15.0 Å². The fraction of sp³-hybridized carbons (Fsp3) is 0.333. The Balaban J connectivity index is 1.54. The van der Waals surface area contributed by atoms with Crippen molar-refractivity contribution in [2.45, 2.75) is 11.3 Å². The highest BCUT2D eigenvalue weighted by molar-refractivity contribution is 8.15. The van der Waals surface area contributed by atoms with Gasteiger partial charge in [0.25, 0.3) is 0 Å². The number of nitrogens with one attached hydrogen (secondary N) is 1. The van der Waals surface area contributed by atoms with Gasteiger partial charge in [0, 0.05) is 16.6 Å². The summed E-state index contributed by atoms with van der Waals surface area (Å²) >= 11 is 1.42. The summed E-state index contributed by atoms with van der Waals surface area (Å²) in [6.45, 7) is 0.0381. The fourth-order valence-electron chi connectivity index (χ4n) is 3.52. The van der Waals surface area contributed by atoms with Gasteiger partial charge in [0.05, 0.1) is 31.8 Å². The zero-order valence-electron chi connectivity index (χ0n) is 17.1. The molecule has 2 heterocycles. The van der Waals surface area contributed by atoms with Crippen LogP contribution in [0.2, 0.25) is 0 Å². The highest BCUT2D eigenvalue weighted by Crippen LogP contribution is 2.37. The molecule has 2 aliphatic heterocycles. The first kappa shape index (κ1) is 21.5. The van der Waals surface area contributed by atoms with Crippen LogP contribution in [0.3, 0.4) is 0 Å². The SMILES string of the molecule is COc1ccc(NC(=O)CN(C2=N[C@H]3CS(=O)(=O)C[C@H]3S2)c2ccc(OC)cc2)cc1. The Morgan fingerprint density at radius 3 is 2.26 bits per heavy atom. The first-order chi connectivity index (χ1) is 14.9. The number of anilines is 2. The van der Waals surface area contributed by atoms with Crippen LogP contribution in [-0.2, 0) is 14.6 Å². The molecule has 0 unspecified atom stereocenters. The third kappa shape index (κ3) is 4.96. The van der Waals surface area contributed by atoms with Gasteiger partial charge in [-0.05, 0) is 48.5 Å². The van der Waals surface area contributed by atoms with Crippen molar-refractivity contribution in [2.24, 2.45) is 4.99 Å². The molecule has 2 atom stereocenters. The molecule has 0 aliphatic carbocycles. The van der Waals surface area contributed by atoms with Gasteiger partial charge in [-0.1, -0.05) is 11.8 Å². The number of sulfone groups is 1. The van der Waals surface area contributed by atoms with E-state index in [1.54, 1.807) is 38.5 Å². The van der Waals surface area contributed by atoms with Crippen molar-refractivity contribution in [2.75, 3.05) is 42.5 Å². The third-order valence-corrected chi connectivity index (χ3v) is 8.34. The van der Waals surface area contributed by atoms with Gasteiger partial charge in [0.1, 0.15) is 18.0 Å². The van der Waals surface area contributed by atoms with Crippen molar-refractivity contribution in [3.05, 3.63) is 48.5 Å². The van der Waals surface area contributed by atoms with Gasteiger partial charge in [-0.25, -0.2) is 8.42 Å². The highest BCUT2D eigenvalue weighted by Gasteiger charge is 2.44. The van der Waals surface area contributed by atoms with Crippen molar-refractivity contribution in [1.82, 2.24) is 0 Å². The molecule has 0 saturated carbocycles. The summed E-state index contributed by atoms with van der Waals surface area (Å²) in [6, 6.07) is 14.2. The van der Waals surface area contributed by atoms with Crippen LogP contribution in [0, 0.1) is 0 Å². The Hall–Kier alpha value is -2.72. The summed E-state index contributed by atoms with van der Waals surface area (Å²) in [5.74, 6) is 1.37. The minimum absolute atomic E-state index is 0.0381. The molecule has 4 rings (SSSR count). The number of methoxy groups -OCH3 is 2. The molecule has 0 spiro atoms. The second kappa shape index (κ2) is 8.80. The minimum Gasteiger partial charge on any atom is -0.497 e. The van der Waals surface area contributed by atoms with E-state index < -0.39 is 9.84 Å². The molecule has 2 aromatic carbocycles. The maximum atomic E-state index is 12.8. The van der Waals surface area contributed by atoms with E-state index in [1.165, 1.54) is 11.8 Å². The van der Waals surface area contributed by atoms with E-state index in [0.717, 1.165) is 5.69 Å². The van der Waals surface area contributed by atoms with E-state index in [0.29, 0.717) is 22.4 Å². The Kier molecular flexibility index (Phi) is 6.10. The average molecular weight is 462 g/mol. The molecule has 1 saturated heterocycles. The van der Waals surface area contributed by atoms with E-state index in [9.17, 15) is 13.2 Å². The molecular formula is C21H23N3O5S2. The summed E-state index contributed by atoms with van der Waals surface area (Å²) in [5, 5.41) is 3.43. The lowest BCUT2D eigenvalue weighted by atomic mass is 10.2.